The molecule has 3 saturated carbocycles. The summed E-state index contributed by atoms with van der Waals surface area (Å²) in [4.78, 5) is 27.3. The van der Waals surface area contributed by atoms with Crippen molar-refractivity contribution in [3.63, 3.8) is 0 Å². The van der Waals surface area contributed by atoms with Crippen molar-refractivity contribution >= 4 is 11.8 Å². The topological polar surface area (TPSA) is 106 Å². The Balaban J connectivity index is 1.55. The summed E-state index contributed by atoms with van der Waals surface area (Å²) in [5.41, 5.74) is 0.846. The van der Waals surface area contributed by atoms with Crippen LogP contribution < -0.4 is 0 Å². The fraction of sp³-hybridized carbons (Fsp3) is 0.688. The highest BCUT2D eigenvalue weighted by atomic mass is 16.5. The van der Waals surface area contributed by atoms with Crippen LogP contribution in [0.15, 0.2) is 45.8 Å². The number of fused-ring (bicyclic) bond motifs is 4. The maximum absolute atomic E-state index is 14.2. The van der Waals surface area contributed by atoms with Gasteiger partial charge in [0.15, 0.2) is 5.78 Å². The van der Waals surface area contributed by atoms with Crippen LogP contribution in [0.25, 0.3) is 0 Å². The highest BCUT2D eigenvalue weighted by Crippen LogP contribution is 2.75. The van der Waals surface area contributed by atoms with Gasteiger partial charge in [-0.15, -0.1) is 0 Å². The first-order valence-corrected chi connectivity index (χ1v) is 14.3. The smallest absolute Gasteiger partial charge is 0.331 e. The summed E-state index contributed by atoms with van der Waals surface area (Å²) < 4.78 is 17.7. The molecule has 0 amide bonds. The lowest BCUT2D eigenvalue weighted by Gasteiger charge is -2.70. The van der Waals surface area contributed by atoms with E-state index in [2.05, 4.69) is 27.7 Å². The van der Waals surface area contributed by atoms with Crippen molar-refractivity contribution in [2.75, 3.05) is 6.61 Å². The number of ketones is 1. The van der Waals surface area contributed by atoms with Crippen LogP contribution >= 0.6 is 0 Å². The van der Waals surface area contributed by atoms with Crippen LogP contribution in [-0.4, -0.2) is 46.9 Å². The van der Waals surface area contributed by atoms with Crippen molar-refractivity contribution < 1.29 is 33.7 Å². The second kappa shape index (κ2) is 8.40. The van der Waals surface area contributed by atoms with E-state index in [0.29, 0.717) is 13.0 Å². The minimum Gasteiger partial charge on any atom is -0.472 e. The van der Waals surface area contributed by atoms with Crippen LogP contribution in [0.1, 0.15) is 79.4 Å². The number of cyclic esters (lactones) is 1. The van der Waals surface area contributed by atoms with E-state index in [9.17, 15) is 19.8 Å². The second-order valence-corrected chi connectivity index (χ2v) is 14.1. The van der Waals surface area contributed by atoms with Gasteiger partial charge in [-0.3, -0.25) is 4.79 Å². The first-order valence-electron chi connectivity index (χ1n) is 14.3. The molecular weight excluding hydrogens is 496 g/mol. The molecule has 0 bridgehead atoms. The van der Waals surface area contributed by atoms with Gasteiger partial charge >= 0.3 is 5.97 Å². The van der Waals surface area contributed by atoms with Crippen molar-refractivity contribution in [3.05, 3.63) is 47.0 Å². The monoisotopic (exact) mass is 538 g/mol. The van der Waals surface area contributed by atoms with Crippen LogP contribution in [-0.2, 0) is 19.1 Å². The van der Waals surface area contributed by atoms with Gasteiger partial charge in [0.25, 0.3) is 0 Å². The Morgan fingerprint density at radius 2 is 1.82 bits per heavy atom. The van der Waals surface area contributed by atoms with E-state index in [4.69, 9.17) is 13.9 Å². The molecule has 1 aromatic heterocycles. The SMILES string of the molecule is CC(C)=C(C)C(=O)[C@H]1C[C@@H](O)[C@@]2(C)CO[C@H]3[C@@H](O)[C@@]4(C)C5=CC(=O)O[C@@H](c6ccoc6)[C@]5(C)CC[C@@H]4[C@]1(C)[C@@H]32. The number of hydrogen-bond donors (Lipinski definition) is 2. The fourth-order valence-corrected chi connectivity index (χ4v) is 9.99. The number of aliphatic hydroxyl groups excluding tert-OH is 2. The summed E-state index contributed by atoms with van der Waals surface area (Å²) in [5.74, 6) is -1.09. The van der Waals surface area contributed by atoms with Crippen molar-refractivity contribution in [2.24, 2.45) is 39.4 Å². The molecule has 0 spiro atoms. The number of esters is 1. The average molecular weight is 539 g/mol. The number of aliphatic hydroxyl groups is 2. The first-order chi connectivity index (χ1) is 18.2. The molecule has 212 valence electrons. The summed E-state index contributed by atoms with van der Waals surface area (Å²) in [7, 11) is 0. The highest BCUT2D eigenvalue weighted by molar-refractivity contribution is 5.98. The molecule has 3 aliphatic carbocycles. The summed E-state index contributed by atoms with van der Waals surface area (Å²) in [6, 6.07) is 1.83. The van der Waals surface area contributed by atoms with Crippen molar-refractivity contribution in [3.8, 4) is 0 Å². The Morgan fingerprint density at radius 3 is 2.46 bits per heavy atom. The molecule has 4 fully saturated rings. The Labute approximate surface area is 230 Å². The first kappa shape index (κ1) is 27.0. The predicted molar refractivity (Wildman–Crippen MR) is 143 cm³/mol. The van der Waals surface area contributed by atoms with E-state index < -0.39 is 58.0 Å². The molecule has 5 aliphatic rings. The molecule has 1 saturated heterocycles. The van der Waals surface area contributed by atoms with Gasteiger partial charge in [-0.1, -0.05) is 33.3 Å². The van der Waals surface area contributed by atoms with Gasteiger partial charge in [-0.2, -0.15) is 0 Å². The molecule has 39 heavy (non-hydrogen) atoms. The molecular formula is C32H42O7. The number of ether oxygens (including phenoxy) is 2. The van der Waals surface area contributed by atoms with Gasteiger partial charge in [0.05, 0.1) is 37.4 Å². The molecule has 0 unspecified atom stereocenters. The minimum absolute atomic E-state index is 0.0737. The fourth-order valence-electron chi connectivity index (χ4n) is 9.99. The third-order valence-corrected chi connectivity index (χ3v) is 12.2. The predicted octanol–water partition coefficient (Wildman–Crippen LogP) is 4.93. The largest absolute Gasteiger partial charge is 0.472 e. The molecule has 2 N–H and O–H groups in total. The Bertz CT molecular complexity index is 1270. The molecule has 11 atom stereocenters. The number of allylic oxidation sites excluding steroid dienone is 2. The number of hydrogen-bond acceptors (Lipinski definition) is 7. The molecule has 0 radical (unpaired) electrons. The number of carbonyl (C=O) groups is 2. The Kier molecular flexibility index (Phi) is 5.81. The molecule has 6 rings (SSSR count). The number of rotatable bonds is 3. The highest BCUT2D eigenvalue weighted by Gasteiger charge is 2.76. The molecule has 1 aromatic rings. The van der Waals surface area contributed by atoms with E-state index in [1.807, 2.05) is 26.8 Å². The van der Waals surface area contributed by atoms with Crippen LogP contribution in [0.3, 0.4) is 0 Å². The van der Waals surface area contributed by atoms with Gasteiger partial charge in [0.2, 0.25) is 0 Å². The molecule has 7 nitrogen and oxygen atoms in total. The van der Waals surface area contributed by atoms with Gasteiger partial charge in [-0.05, 0) is 68.6 Å². The van der Waals surface area contributed by atoms with Crippen LogP contribution in [0.5, 0.6) is 0 Å². The van der Waals surface area contributed by atoms with Crippen molar-refractivity contribution in [2.45, 2.75) is 92.1 Å². The minimum atomic E-state index is -0.908. The van der Waals surface area contributed by atoms with E-state index in [1.165, 1.54) is 0 Å². The average Bonchev–Trinajstić information content (AvgIpc) is 3.54. The molecule has 2 aliphatic heterocycles. The summed E-state index contributed by atoms with van der Waals surface area (Å²) in [6.45, 7) is 14.6. The number of furan rings is 1. The lowest BCUT2D eigenvalue weighted by atomic mass is 9.34. The summed E-state index contributed by atoms with van der Waals surface area (Å²) in [6.07, 6.45) is 3.93. The van der Waals surface area contributed by atoms with E-state index in [1.54, 1.807) is 18.6 Å². The standard InChI is InChI=1S/C32H42O7/c1-16(2)17(3)24(35)19-12-22(33)30(5)15-38-25-26(30)31(19,6)20-8-10-29(4)21(32(20,7)27(25)36)13-23(34)39-28(29)18-9-11-37-14-18/h9,11,13-14,19-20,22,25-28,33,36H,8,10,12,15H2,1-7H3/t19-,20-,22-,25-,26+,27-,28+,29-,30-,31-,32-/m1/s1. The van der Waals surface area contributed by atoms with Gasteiger partial charge in [-0.25, -0.2) is 4.79 Å². The maximum atomic E-state index is 14.2. The molecule has 0 aromatic carbocycles. The van der Waals surface area contributed by atoms with E-state index in [-0.39, 0.29) is 17.6 Å². The lowest BCUT2D eigenvalue weighted by molar-refractivity contribution is -0.244. The molecule has 7 heteroatoms. The van der Waals surface area contributed by atoms with Gasteiger partial charge in [0.1, 0.15) is 6.10 Å². The van der Waals surface area contributed by atoms with Crippen LogP contribution in [0, 0.1) is 39.4 Å². The number of carbonyl (C=O) groups excluding carboxylic acids is 2. The maximum Gasteiger partial charge on any atom is 0.331 e. The number of Topliss-reactive ketones (excluding diaryl/α,β-unsaturated/α-hetero) is 1. The normalized spacial score (nSPS) is 48.3. The van der Waals surface area contributed by atoms with E-state index in [0.717, 1.165) is 35.1 Å². The third-order valence-electron chi connectivity index (χ3n) is 12.2. The molecule has 3 heterocycles. The second-order valence-electron chi connectivity index (χ2n) is 14.1. The summed E-state index contributed by atoms with van der Waals surface area (Å²) >= 11 is 0. The quantitative estimate of drug-likeness (QED) is 0.415. The summed E-state index contributed by atoms with van der Waals surface area (Å²) in [5, 5.41) is 23.8. The zero-order valence-electron chi connectivity index (χ0n) is 24.1. The zero-order chi connectivity index (χ0) is 28.3. The van der Waals surface area contributed by atoms with E-state index >= 15 is 0 Å². The Morgan fingerprint density at radius 1 is 1.10 bits per heavy atom. The van der Waals surface area contributed by atoms with Crippen LogP contribution in [0.2, 0.25) is 0 Å². The van der Waals surface area contributed by atoms with Crippen molar-refractivity contribution in [1.29, 1.82) is 0 Å². The Hall–Kier alpha value is -2.22. The van der Waals surface area contributed by atoms with Crippen LogP contribution in [0.4, 0.5) is 0 Å². The lowest BCUT2D eigenvalue weighted by Crippen LogP contribution is -2.72. The van der Waals surface area contributed by atoms with Gasteiger partial charge < -0.3 is 24.1 Å². The van der Waals surface area contributed by atoms with Crippen molar-refractivity contribution in [1.82, 2.24) is 0 Å². The zero-order valence-corrected chi connectivity index (χ0v) is 24.1. The van der Waals surface area contributed by atoms with Gasteiger partial charge in [0, 0.05) is 39.7 Å². The third kappa shape index (κ3) is 3.21.